The normalized spacial score (nSPS) is 25.2. The van der Waals surface area contributed by atoms with E-state index in [0.717, 1.165) is 19.3 Å². The molecular weight excluding hydrogens is 332 g/mol. The SMILES string of the molecule is CC(C)C(=O)N1C(C)CCC1(C)CN(C=O)C(c1ncccn1)C(C)O. The number of carbonyl (C=O) groups excluding carboxylic acids is 2. The summed E-state index contributed by atoms with van der Waals surface area (Å²) < 4.78 is 0. The highest BCUT2D eigenvalue weighted by Crippen LogP contribution is 2.37. The van der Waals surface area contributed by atoms with Crippen LogP contribution in [0.4, 0.5) is 0 Å². The van der Waals surface area contributed by atoms with Crippen molar-refractivity contribution in [2.24, 2.45) is 5.92 Å². The first-order valence-corrected chi connectivity index (χ1v) is 9.20. The van der Waals surface area contributed by atoms with E-state index in [4.69, 9.17) is 0 Å². The molecule has 0 saturated carbocycles. The van der Waals surface area contributed by atoms with Crippen LogP contribution in [0, 0.1) is 5.92 Å². The molecule has 1 saturated heterocycles. The summed E-state index contributed by atoms with van der Waals surface area (Å²) in [6, 6.07) is 1.16. The predicted octanol–water partition coefficient (Wildman–Crippen LogP) is 1.78. The lowest BCUT2D eigenvalue weighted by molar-refractivity contribution is -0.143. The van der Waals surface area contributed by atoms with Crippen molar-refractivity contribution in [3.63, 3.8) is 0 Å². The van der Waals surface area contributed by atoms with Crippen molar-refractivity contribution in [2.45, 2.75) is 71.2 Å². The summed E-state index contributed by atoms with van der Waals surface area (Å²) in [6.45, 7) is 9.78. The molecule has 0 radical (unpaired) electrons. The van der Waals surface area contributed by atoms with Crippen molar-refractivity contribution >= 4 is 12.3 Å². The van der Waals surface area contributed by atoms with Gasteiger partial charge in [-0.1, -0.05) is 13.8 Å². The molecule has 1 aliphatic heterocycles. The van der Waals surface area contributed by atoms with Gasteiger partial charge in [-0.05, 0) is 39.7 Å². The Kier molecular flexibility index (Phi) is 6.34. The van der Waals surface area contributed by atoms with Crippen LogP contribution in [0.3, 0.4) is 0 Å². The van der Waals surface area contributed by atoms with Gasteiger partial charge in [0.1, 0.15) is 6.04 Å². The quantitative estimate of drug-likeness (QED) is 0.747. The van der Waals surface area contributed by atoms with Crippen LogP contribution in [0.2, 0.25) is 0 Å². The van der Waals surface area contributed by atoms with Gasteiger partial charge in [0.05, 0.1) is 11.6 Å². The van der Waals surface area contributed by atoms with Crippen molar-refractivity contribution in [3.05, 3.63) is 24.3 Å². The van der Waals surface area contributed by atoms with E-state index in [2.05, 4.69) is 9.97 Å². The van der Waals surface area contributed by atoms with Crippen LogP contribution in [0.5, 0.6) is 0 Å². The smallest absolute Gasteiger partial charge is 0.225 e. The molecule has 0 aliphatic carbocycles. The molecule has 0 bridgehead atoms. The summed E-state index contributed by atoms with van der Waals surface area (Å²) in [5.74, 6) is 0.378. The van der Waals surface area contributed by atoms with Crippen LogP contribution in [0.25, 0.3) is 0 Å². The number of rotatable bonds is 7. The molecule has 0 aromatic carbocycles. The van der Waals surface area contributed by atoms with E-state index in [9.17, 15) is 14.7 Å². The number of likely N-dealkylation sites (tertiary alicyclic amines) is 1. The van der Waals surface area contributed by atoms with Crippen molar-refractivity contribution in [1.29, 1.82) is 0 Å². The molecule has 1 aliphatic rings. The zero-order valence-electron chi connectivity index (χ0n) is 16.3. The fourth-order valence-electron chi connectivity index (χ4n) is 3.92. The van der Waals surface area contributed by atoms with E-state index in [-0.39, 0.29) is 17.9 Å². The van der Waals surface area contributed by atoms with Gasteiger partial charge in [0, 0.05) is 30.9 Å². The van der Waals surface area contributed by atoms with E-state index < -0.39 is 17.7 Å². The largest absolute Gasteiger partial charge is 0.391 e. The average Bonchev–Trinajstić information content (AvgIpc) is 2.88. The van der Waals surface area contributed by atoms with Crippen LogP contribution >= 0.6 is 0 Å². The van der Waals surface area contributed by atoms with Gasteiger partial charge in [-0.2, -0.15) is 0 Å². The van der Waals surface area contributed by atoms with Gasteiger partial charge in [-0.25, -0.2) is 9.97 Å². The summed E-state index contributed by atoms with van der Waals surface area (Å²) in [5.41, 5.74) is -0.483. The van der Waals surface area contributed by atoms with Gasteiger partial charge in [0.25, 0.3) is 0 Å². The molecule has 1 fully saturated rings. The molecule has 4 atom stereocenters. The first kappa shape index (κ1) is 20.3. The summed E-state index contributed by atoms with van der Waals surface area (Å²) in [6.07, 6.45) is 4.77. The van der Waals surface area contributed by atoms with E-state index in [1.165, 1.54) is 4.90 Å². The molecule has 1 aromatic rings. The Labute approximate surface area is 155 Å². The third-order valence-electron chi connectivity index (χ3n) is 5.18. The number of nitrogens with zero attached hydrogens (tertiary/aromatic N) is 4. The molecule has 1 N–H and O–H groups in total. The number of amides is 2. The highest BCUT2D eigenvalue weighted by Gasteiger charge is 2.46. The molecule has 1 aromatic heterocycles. The molecule has 2 amide bonds. The van der Waals surface area contributed by atoms with Gasteiger partial charge >= 0.3 is 0 Å². The van der Waals surface area contributed by atoms with E-state index in [1.54, 1.807) is 25.4 Å². The van der Waals surface area contributed by atoms with Gasteiger partial charge in [-0.15, -0.1) is 0 Å². The topological polar surface area (TPSA) is 86.6 Å². The maximum atomic E-state index is 12.8. The molecule has 0 spiro atoms. The zero-order valence-corrected chi connectivity index (χ0v) is 16.3. The lowest BCUT2D eigenvalue weighted by atomic mass is 9.95. The van der Waals surface area contributed by atoms with Crippen molar-refractivity contribution in [2.75, 3.05) is 6.54 Å². The zero-order chi connectivity index (χ0) is 19.5. The lowest BCUT2D eigenvalue weighted by Crippen LogP contribution is -2.56. The lowest BCUT2D eigenvalue weighted by Gasteiger charge is -2.43. The van der Waals surface area contributed by atoms with E-state index >= 15 is 0 Å². The molecule has 26 heavy (non-hydrogen) atoms. The monoisotopic (exact) mass is 362 g/mol. The van der Waals surface area contributed by atoms with E-state index in [1.807, 2.05) is 32.6 Å². The van der Waals surface area contributed by atoms with Crippen molar-refractivity contribution < 1.29 is 14.7 Å². The van der Waals surface area contributed by atoms with Crippen LogP contribution in [0.1, 0.15) is 59.3 Å². The second-order valence-electron chi connectivity index (χ2n) is 7.82. The maximum absolute atomic E-state index is 12.8. The van der Waals surface area contributed by atoms with Crippen LogP contribution in [-0.4, -0.2) is 61.4 Å². The number of hydrogen-bond donors (Lipinski definition) is 1. The van der Waals surface area contributed by atoms with Crippen molar-refractivity contribution in [1.82, 2.24) is 19.8 Å². The van der Waals surface area contributed by atoms with Gasteiger partial charge in [-0.3, -0.25) is 9.59 Å². The Hall–Kier alpha value is -2.02. The highest BCUT2D eigenvalue weighted by molar-refractivity contribution is 5.79. The Morgan fingerprint density at radius 2 is 2.04 bits per heavy atom. The Morgan fingerprint density at radius 3 is 2.54 bits per heavy atom. The average molecular weight is 362 g/mol. The minimum atomic E-state index is -0.834. The number of carbonyl (C=O) groups is 2. The number of aromatic nitrogens is 2. The van der Waals surface area contributed by atoms with Crippen LogP contribution in [0.15, 0.2) is 18.5 Å². The number of hydrogen-bond acceptors (Lipinski definition) is 5. The molecular formula is C19H30N4O3. The molecule has 2 rings (SSSR count). The standard InChI is InChI=1S/C19H30N4O3/c1-13(2)18(26)23-14(3)7-8-19(23,5)11-22(12-24)16(15(4)25)17-20-9-6-10-21-17/h6,9-10,12-16,25H,7-8,11H2,1-5H3. The van der Waals surface area contributed by atoms with Crippen LogP contribution in [-0.2, 0) is 9.59 Å². The number of aliphatic hydroxyl groups is 1. The molecule has 2 heterocycles. The predicted molar refractivity (Wildman–Crippen MR) is 98.0 cm³/mol. The first-order valence-electron chi connectivity index (χ1n) is 9.20. The minimum Gasteiger partial charge on any atom is -0.391 e. The fourth-order valence-corrected chi connectivity index (χ4v) is 3.92. The molecule has 4 unspecified atom stereocenters. The van der Waals surface area contributed by atoms with Gasteiger partial charge in [0.15, 0.2) is 5.82 Å². The molecule has 144 valence electrons. The maximum Gasteiger partial charge on any atom is 0.225 e. The van der Waals surface area contributed by atoms with Gasteiger partial charge in [0.2, 0.25) is 12.3 Å². The Bertz CT molecular complexity index is 622. The third kappa shape index (κ3) is 4.03. The summed E-state index contributed by atoms with van der Waals surface area (Å²) in [5, 5.41) is 10.3. The fraction of sp³-hybridized carbons (Fsp3) is 0.684. The van der Waals surface area contributed by atoms with Crippen molar-refractivity contribution in [3.8, 4) is 0 Å². The van der Waals surface area contributed by atoms with Crippen LogP contribution < -0.4 is 0 Å². The number of aliphatic hydroxyl groups excluding tert-OH is 1. The van der Waals surface area contributed by atoms with E-state index in [0.29, 0.717) is 12.4 Å². The second kappa shape index (κ2) is 8.12. The summed E-state index contributed by atoms with van der Waals surface area (Å²) in [4.78, 5) is 36.5. The first-order chi connectivity index (χ1) is 12.2. The summed E-state index contributed by atoms with van der Waals surface area (Å²) in [7, 11) is 0. The Balaban J connectivity index is 2.32. The third-order valence-corrected chi connectivity index (χ3v) is 5.18. The molecule has 7 nitrogen and oxygen atoms in total. The highest BCUT2D eigenvalue weighted by atomic mass is 16.3. The minimum absolute atomic E-state index is 0.0907. The Morgan fingerprint density at radius 1 is 1.42 bits per heavy atom. The second-order valence-corrected chi connectivity index (χ2v) is 7.82. The molecule has 7 heteroatoms. The summed E-state index contributed by atoms with van der Waals surface area (Å²) >= 11 is 0. The van der Waals surface area contributed by atoms with Gasteiger partial charge < -0.3 is 14.9 Å².